The number of carbonyl (C=O) groups is 1. The largest absolute Gasteiger partial charge is 0.416 e. The molecule has 0 fully saturated rings. The lowest BCUT2D eigenvalue weighted by atomic mass is 10.2. The maximum absolute atomic E-state index is 12.9. The van der Waals surface area contributed by atoms with E-state index in [1.165, 1.54) is 42.6 Å². The predicted molar refractivity (Wildman–Crippen MR) is 96.5 cm³/mol. The van der Waals surface area contributed by atoms with Crippen molar-refractivity contribution in [2.24, 2.45) is 0 Å². The van der Waals surface area contributed by atoms with E-state index >= 15 is 0 Å². The molecule has 3 aromatic rings. The summed E-state index contributed by atoms with van der Waals surface area (Å²) in [5, 5.41) is 5.45. The van der Waals surface area contributed by atoms with Crippen LogP contribution in [-0.4, -0.2) is 10.9 Å². The second-order valence-electron chi connectivity index (χ2n) is 5.94. The molecule has 1 aromatic heterocycles. The summed E-state index contributed by atoms with van der Waals surface area (Å²) in [6, 6.07) is 13.5. The number of alkyl halides is 3. The first-order valence-electron chi connectivity index (χ1n) is 8.24. The van der Waals surface area contributed by atoms with Gasteiger partial charge in [0.05, 0.1) is 11.1 Å². The molecule has 0 radical (unpaired) electrons. The second-order valence-corrected chi connectivity index (χ2v) is 5.94. The van der Waals surface area contributed by atoms with Crippen molar-refractivity contribution in [3.63, 3.8) is 0 Å². The van der Waals surface area contributed by atoms with E-state index in [0.717, 1.165) is 17.7 Å². The number of nitrogens with one attached hydrogen (secondary N) is 2. The van der Waals surface area contributed by atoms with Crippen LogP contribution in [0.3, 0.4) is 0 Å². The van der Waals surface area contributed by atoms with Gasteiger partial charge in [0.15, 0.2) is 0 Å². The molecule has 0 aliphatic rings. The zero-order valence-corrected chi connectivity index (χ0v) is 14.4. The molecule has 0 atom stereocenters. The van der Waals surface area contributed by atoms with Crippen LogP contribution >= 0.6 is 0 Å². The van der Waals surface area contributed by atoms with E-state index in [9.17, 15) is 22.4 Å². The van der Waals surface area contributed by atoms with E-state index in [0.29, 0.717) is 5.82 Å². The molecule has 0 saturated carbocycles. The molecule has 0 bridgehead atoms. The Labute approximate surface area is 158 Å². The molecule has 8 heteroatoms. The fourth-order valence-electron chi connectivity index (χ4n) is 2.41. The standard InChI is InChI=1S/C20H15F4N3O/c21-16-7-4-13(5-8-16)11-26-19(28)14-6-9-18(25-12-14)27-17-3-1-2-15(10-17)20(22,23)24/h1-10,12H,11H2,(H,25,27)(H,26,28). The highest BCUT2D eigenvalue weighted by Gasteiger charge is 2.30. The van der Waals surface area contributed by atoms with Gasteiger partial charge in [0.2, 0.25) is 0 Å². The molecule has 1 amide bonds. The summed E-state index contributed by atoms with van der Waals surface area (Å²) in [5.41, 5.74) is 0.493. The van der Waals surface area contributed by atoms with Gasteiger partial charge in [-0.2, -0.15) is 13.2 Å². The smallest absolute Gasteiger partial charge is 0.348 e. The number of amides is 1. The summed E-state index contributed by atoms with van der Waals surface area (Å²) in [6.07, 6.45) is -3.12. The summed E-state index contributed by atoms with van der Waals surface area (Å²) in [6.45, 7) is 0.226. The van der Waals surface area contributed by atoms with E-state index < -0.39 is 11.7 Å². The Balaban J connectivity index is 1.61. The highest BCUT2D eigenvalue weighted by Crippen LogP contribution is 2.31. The predicted octanol–water partition coefficient (Wildman–Crippen LogP) is 4.91. The minimum absolute atomic E-state index is 0.226. The first kappa shape index (κ1) is 19.3. The van der Waals surface area contributed by atoms with E-state index in [4.69, 9.17) is 0 Å². The molecule has 0 saturated heterocycles. The molecular formula is C20H15F4N3O. The highest BCUT2D eigenvalue weighted by molar-refractivity contribution is 5.94. The van der Waals surface area contributed by atoms with Crippen LogP contribution in [-0.2, 0) is 12.7 Å². The lowest BCUT2D eigenvalue weighted by Crippen LogP contribution is -2.22. The first-order chi connectivity index (χ1) is 13.3. The van der Waals surface area contributed by atoms with Crippen LogP contribution in [0, 0.1) is 5.82 Å². The highest BCUT2D eigenvalue weighted by atomic mass is 19.4. The lowest BCUT2D eigenvalue weighted by molar-refractivity contribution is -0.137. The maximum Gasteiger partial charge on any atom is 0.416 e. The van der Waals surface area contributed by atoms with Crippen molar-refractivity contribution in [2.45, 2.75) is 12.7 Å². The van der Waals surface area contributed by atoms with Gasteiger partial charge in [-0.25, -0.2) is 9.37 Å². The van der Waals surface area contributed by atoms with Crippen LogP contribution in [0.4, 0.5) is 29.1 Å². The molecule has 1 heterocycles. The number of hydrogen-bond donors (Lipinski definition) is 2. The van der Waals surface area contributed by atoms with Crippen LogP contribution < -0.4 is 10.6 Å². The molecule has 28 heavy (non-hydrogen) atoms. The second kappa shape index (κ2) is 8.08. The van der Waals surface area contributed by atoms with E-state index in [1.54, 1.807) is 12.1 Å². The average Bonchev–Trinajstić information content (AvgIpc) is 2.67. The summed E-state index contributed by atoms with van der Waals surface area (Å²) < 4.78 is 51.1. The number of nitrogens with zero attached hydrogens (tertiary/aromatic N) is 1. The van der Waals surface area contributed by atoms with Gasteiger partial charge in [-0.05, 0) is 48.0 Å². The van der Waals surface area contributed by atoms with Gasteiger partial charge in [0, 0.05) is 18.4 Å². The van der Waals surface area contributed by atoms with Crippen LogP contribution in [0.25, 0.3) is 0 Å². The summed E-state index contributed by atoms with van der Waals surface area (Å²) in [7, 11) is 0. The monoisotopic (exact) mass is 389 g/mol. The number of halogens is 4. The Morgan fingerprint density at radius 3 is 2.39 bits per heavy atom. The van der Waals surface area contributed by atoms with Crippen molar-refractivity contribution < 1.29 is 22.4 Å². The molecule has 3 rings (SSSR count). The first-order valence-corrected chi connectivity index (χ1v) is 8.24. The fraction of sp³-hybridized carbons (Fsp3) is 0.100. The van der Waals surface area contributed by atoms with Crippen LogP contribution in [0.2, 0.25) is 0 Å². The molecule has 2 N–H and O–H groups in total. The van der Waals surface area contributed by atoms with Gasteiger partial charge in [0.1, 0.15) is 11.6 Å². The van der Waals surface area contributed by atoms with Crippen molar-refractivity contribution in [1.29, 1.82) is 0 Å². The molecule has 0 aliphatic heterocycles. The Hall–Kier alpha value is -3.42. The number of anilines is 2. The maximum atomic E-state index is 12.9. The molecule has 0 unspecified atom stereocenters. The Morgan fingerprint density at radius 1 is 1.00 bits per heavy atom. The van der Waals surface area contributed by atoms with Gasteiger partial charge < -0.3 is 10.6 Å². The Kier molecular flexibility index (Phi) is 5.58. The number of carbonyl (C=O) groups excluding carboxylic acids is 1. The third-order valence-corrected chi connectivity index (χ3v) is 3.85. The van der Waals surface area contributed by atoms with Gasteiger partial charge in [-0.1, -0.05) is 18.2 Å². The van der Waals surface area contributed by atoms with E-state index in [-0.39, 0.29) is 29.5 Å². The number of pyridine rings is 1. The van der Waals surface area contributed by atoms with Crippen molar-refractivity contribution in [3.8, 4) is 0 Å². The summed E-state index contributed by atoms with van der Waals surface area (Å²) in [4.78, 5) is 16.2. The van der Waals surface area contributed by atoms with Crippen molar-refractivity contribution in [3.05, 3.63) is 89.4 Å². The van der Waals surface area contributed by atoms with Crippen LogP contribution in [0.5, 0.6) is 0 Å². The van der Waals surface area contributed by atoms with Crippen LogP contribution in [0.15, 0.2) is 66.9 Å². The number of aromatic nitrogens is 1. The Morgan fingerprint density at radius 2 is 1.75 bits per heavy atom. The third-order valence-electron chi connectivity index (χ3n) is 3.85. The van der Waals surface area contributed by atoms with Crippen molar-refractivity contribution in [2.75, 3.05) is 5.32 Å². The molecule has 0 aliphatic carbocycles. The fourth-order valence-corrected chi connectivity index (χ4v) is 2.41. The average molecular weight is 389 g/mol. The normalized spacial score (nSPS) is 11.1. The van der Waals surface area contributed by atoms with Gasteiger partial charge in [-0.3, -0.25) is 4.79 Å². The minimum atomic E-state index is -4.43. The zero-order valence-electron chi connectivity index (χ0n) is 14.4. The number of benzene rings is 2. The third kappa shape index (κ3) is 5.06. The van der Waals surface area contributed by atoms with Crippen molar-refractivity contribution in [1.82, 2.24) is 10.3 Å². The topological polar surface area (TPSA) is 54.0 Å². The molecular weight excluding hydrogens is 374 g/mol. The molecule has 4 nitrogen and oxygen atoms in total. The van der Waals surface area contributed by atoms with E-state index in [2.05, 4.69) is 15.6 Å². The minimum Gasteiger partial charge on any atom is -0.348 e. The molecule has 144 valence electrons. The SMILES string of the molecule is O=C(NCc1ccc(F)cc1)c1ccc(Nc2cccc(C(F)(F)F)c2)nc1. The van der Waals surface area contributed by atoms with Crippen molar-refractivity contribution >= 4 is 17.4 Å². The van der Waals surface area contributed by atoms with Gasteiger partial charge in [-0.15, -0.1) is 0 Å². The van der Waals surface area contributed by atoms with Gasteiger partial charge in [0.25, 0.3) is 5.91 Å². The molecule has 2 aromatic carbocycles. The lowest BCUT2D eigenvalue weighted by Gasteiger charge is -2.10. The van der Waals surface area contributed by atoms with Gasteiger partial charge >= 0.3 is 6.18 Å². The zero-order chi connectivity index (χ0) is 20.1. The number of hydrogen-bond acceptors (Lipinski definition) is 3. The number of rotatable bonds is 5. The summed E-state index contributed by atoms with van der Waals surface area (Å²) in [5.74, 6) is -0.431. The molecule has 0 spiro atoms. The van der Waals surface area contributed by atoms with E-state index in [1.807, 2.05) is 0 Å². The summed E-state index contributed by atoms with van der Waals surface area (Å²) >= 11 is 0. The Bertz CT molecular complexity index is 954. The quantitative estimate of drug-likeness (QED) is 0.610. The van der Waals surface area contributed by atoms with Crippen LogP contribution in [0.1, 0.15) is 21.5 Å².